The van der Waals surface area contributed by atoms with E-state index in [1.807, 2.05) is 6.07 Å². The molecule has 0 aliphatic carbocycles. The molecule has 0 radical (unpaired) electrons. The van der Waals surface area contributed by atoms with E-state index in [2.05, 4.69) is 10.6 Å². The van der Waals surface area contributed by atoms with Crippen molar-refractivity contribution in [3.63, 3.8) is 0 Å². The molecule has 11 heteroatoms. The Morgan fingerprint density at radius 3 is 2.21 bits per heavy atom. The number of hydrogen-bond acceptors (Lipinski definition) is 8. The minimum absolute atomic E-state index is 0.00646. The van der Waals surface area contributed by atoms with E-state index in [0.29, 0.717) is 28.1 Å². The summed E-state index contributed by atoms with van der Waals surface area (Å²) in [5, 5.41) is 35.0. The predicted octanol–water partition coefficient (Wildman–Crippen LogP) is 4.58. The number of ether oxygens (including phenoxy) is 2. The highest BCUT2D eigenvalue weighted by molar-refractivity contribution is 5.99. The SMILES string of the molecule is COc1ccc(NC(=O)C(c2ccc(O)c(C)c2)N(CC#N)C(=O)C(Cc2ccc(O)cc2)NC(=O)OC(C)(C)C)cc1. The molecule has 0 saturated carbocycles. The number of nitrogens with zero attached hydrogens (tertiary/aromatic N) is 2. The van der Waals surface area contributed by atoms with E-state index in [0.717, 1.165) is 4.90 Å². The molecule has 0 heterocycles. The van der Waals surface area contributed by atoms with Gasteiger partial charge in [-0.25, -0.2) is 4.79 Å². The van der Waals surface area contributed by atoms with Gasteiger partial charge in [-0.1, -0.05) is 18.2 Å². The Balaban J connectivity index is 2.06. The second-order valence-electron chi connectivity index (χ2n) is 10.9. The van der Waals surface area contributed by atoms with Crippen molar-refractivity contribution in [2.45, 2.75) is 51.8 Å². The van der Waals surface area contributed by atoms with E-state index in [-0.39, 0.29) is 17.9 Å². The Labute approximate surface area is 250 Å². The fraction of sp³-hybridized carbons (Fsp3) is 0.312. The fourth-order valence-electron chi connectivity index (χ4n) is 4.30. The van der Waals surface area contributed by atoms with Crippen molar-refractivity contribution in [2.75, 3.05) is 19.0 Å². The molecule has 0 aliphatic rings. The number of amides is 3. The van der Waals surface area contributed by atoms with Gasteiger partial charge in [0.25, 0.3) is 5.91 Å². The maximum atomic E-state index is 14.2. The zero-order valence-corrected chi connectivity index (χ0v) is 24.7. The molecule has 0 bridgehead atoms. The van der Waals surface area contributed by atoms with Crippen LogP contribution in [0.1, 0.15) is 43.5 Å². The van der Waals surface area contributed by atoms with E-state index in [9.17, 15) is 29.9 Å². The highest BCUT2D eigenvalue weighted by Crippen LogP contribution is 2.29. The van der Waals surface area contributed by atoms with Gasteiger partial charge in [-0.2, -0.15) is 5.26 Å². The third kappa shape index (κ3) is 9.13. The maximum absolute atomic E-state index is 14.2. The molecule has 3 amide bonds. The van der Waals surface area contributed by atoms with Crippen molar-refractivity contribution >= 4 is 23.6 Å². The normalized spacial score (nSPS) is 12.3. The summed E-state index contributed by atoms with van der Waals surface area (Å²) in [5.41, 5.74) is 0.960. The molecule has 3 rings (SSSR count). The average Bonchev–Trinajstić information content (AvgIpc) is 2.94. The molecule has 2 unspecified atom stereocenters. The van der Waals surface area contributed by atoms with E-state index < -0.39 is 42.1 Å². The van der Waals surface area contributed by atoms with Gasteiger partial charge in [0.05, 0.1) is 13.2 Å². The van der Waals surface area contributed by atoms with Crippen LogP contribution in [0.15, 0.2) is 66.7 Å². The van der Waals surface area contributed by atoms with Gasteiger partial charge in [0.15, 0.2) is 0 Å². The minimum atomic E-state index is -1.32. The monoisotopic (exact) mass is 588 g/mol. The van der Waals surface area contributed by atoms with Gasteiger partial charge in [-0.3, -0.25) is 9.59 Å². The van der Waals surface area contributed by atoms with Crippen LogP contribution in [0.5, 0.6) is 17.2 Å². The van der Waals surface area contributed by atoms with Crippen LogP contribution in [0.3, 0.4) is 0 Å². The summed E-state index contributed by atoms with van der Waals surface area (Å²) in [6, 6.07) is 16.5. The lowest BCUT2D eigenvalue weighted by atomic mass is 9.98. The number of phenols is 2. The first-order valence-corrected chi connectivity index (χ1v) is 13.5. The highest BCUT2D eigenvalue weighted by Gasteiger charge is 2.36. The maximum Gasteiger partial charge on any atom is 0.408 e. The molecule has 0 spiro atoms. The first-order chi connectivity index (χ1) is 20.3. The lowest BCUT2D eigenvalue weighted by Gasteiger charge is -2.33. The van der Waals surface area contributed by atoms with Crippen LogP contribution in [0.25, 0.3) is 0 Å². The molecule has 0 saturated heterocycles. The number of aromatic hydroxyl groups is 2. The van der Waals surface area contributed by atoms with E-state index in [1.54, 1.807) is 70.2 Å². The summed E-state index contributed by atoms with van der Waals surface area (Å²) < 4.78 is 10.6. The van der Waals surface area contributed by atoms with Crippen molar-refractivity contribution < 1.29 is 34.1 Å². The number of phenolic OH excluding ortho intramolecular Hbond substituents is 2. The smallest absolute Gasteiger partial charge is 0.408 e. The van der Waals surface area contributed by atoms with Gasteiger partial charge in [0, 0.05) is 12.1 Å². The average molecular weight is 589 g/mol. The summed E-state index contributed by atoms with van der Waals surface area (Å²) >= 11 is 0. The summed E-state index contributed by atoms with van der Waals surface area (Å²) in [7, 11) is 1.52. The highest BCUT2D eigenvalue weighted by atomic mass is 16.6. The third-order valence-electron chi connectivity index (χ3n) is 6.34. The van der Waals surface area contributed by atoms with Crippen LogP contribution in [0, 0.1) is 18.3 Å². The fourth-order valence-corrected chi connectivity index (χ4v) is 4.30. The van der Waals surface area contributed by atoms with Gasteiger partial charge in [-0.05, 0) is 92.9 Å². The van der Waals surface area contributed by atoms with Gasteiger partial charge < -0.3 is 35.2 Å². The number of anilines is 1. The van der Waals surface area contributed by atoms with Crippen LogP contribution in [-0.4, -0.2) is 58.3 Å². The minimum Gasteiger partial charge on any atom is -0.508 e. The van der Waals surface area contributed by atoms with Crippen molar-refractivity contribution in [2.24, 2.45) is 0 Å². The van der Waals surface area contributed by atoms with Crippen LogP contribution >= 0.6 is 0 Å². The molecular formula is C32H36N4O7. The van der Waals surface area contributed by atoms with Gasteiger partial charge in [0.1, 0.15) is 41.5 Å². The second-order valence-corrected chi connectivity index (χ2v) is 10.9. The first kappa shape index (κ1) is 32.3. The molecule has 43 heavy (non-hydrogen) atoms. The van der Waals surface area contributed by atoms with Crippen molar-refractivity contribution in [3.8, 4) is 23.3 Å². The lowest BCUT2D eigenvalue weighted by molar-refractivity contribution is -0.140. The topological polar surface area (TPSA) is 161 Å². The zero-order valence-electron chi connectivity index (χ0n) is 24.7. The van der Waals surface area contributed by atoms with Crippen molar-refractivity contribution in [3.05, 3.63) is 83.4 Å². The van der Waals surface area contributed by atoms with E-state index in [4.69, 9.17) is 9.47 Å². The molecule has 11 nitrogen and oxygen atoms in total. The summed E-state index contributed by atoms with van der Waals surface area (Å²) in [6.45, 7) is 6.18. The van der Waals surface area contributed by atoms with E-state index >= 15 is 0 Å². The Kier molecular flexibility index (Phi) is 10.6. The molecule has 0 aromatic heterocycles. The number of methoxy groups -OCH3 is 1. The van der Waals surface area contributed by atoms with Crippen LogP contribution in [-0.2, 0) is 20.7 Å². The molecule has 3 aromatic rings. The number of aryl methyl sites for hydroxylation is 1. The summed E-state index contributed by atoms with van der Waals surface area (Å²) in [5.74, 6) is -0.750. The van der Waals surface area contributed by atoms with Crippen molar-refractivity contribution in [1.29, 1.82) is 5.26 Å². The first-order valence-electron chi connectivity index (χ1n) is 13.5. The number of alkyl carbamates (subject to hydrolysis) is 1. The largest absolute Gasteiger partial charge is 0.508 e. The molecule has 0 fully saturated rings. The predicted molar refractivity (Wildman–Crippen MR) is 160 cm³/mol. The lowest BCUT2D eigenvalue weighted by Crippen LogP contribution is -2.53. The number of benzene rings is 3. The molecule has 0 aliphatic heterocycles. The number of rotatable bonds is 10. The quantitative estimate of drug-likeness (QED) is 0.250. The zero-order chi connectivity index (χ0) is 31.7. The Morgan fingerprint density at radius 2 is 1.65 bits per heavy atom. The van der Waals surface area contributed by atoms with Crippen molar-refractivity contribution in [1.82, 2.24) is 10.2 Å². The van der Waals surface area contributed by atoms with Gasteiger partial charge >= 0.3 is 6.09 Å². The number of nitrogens with one attached hydrogen (secondary N) is 2. The molecule has 2 atom stereocenters. The summed E-state index contributed by atoms with van der Waals surface area (Å²) in [6.07, 6.45) is -0.886. The Bertz CT molecular complexity index is 1480. The third-order valence-corrected chi connectivity index (χ3v) is 6.34. The number of carbonyl (C=O) groups excluding carboxylic acids is 3. The number of hydrogen-bond donors (Lipinski definition) is 4. The van der Waals surface area contributed by atoms with Crippen LogP contribution in [0.4, 0.5) is 10.5 Å². The molecule has 3 aromatic carbocycles. The molecule has 226 valence electrons. The Hall–Kier alpha value is -5.24. The summed E-state index contributed by atoms with van der Waals surface area (Å²) in [4.78, 5) is 42.0. The molecular weight excluding hydrogens is 552 g/mol. The van der Waals surface area contributed by atoms with E-state index in [1.165, 1.54) is 31.4 Å². The second kappa shape index (κ2) is 14.1. The van der Waals surface area contributed by atoms with Crippen LogP contribution < -0.4 is 15.4 Å². The van der Waals surface area contributed by atoms with Gasteiger partial charge in [-0.15, -0.1) is 0 Å². The molecule has 4 N–H and O–H groups in total. The standard InChI is InChI=1S/C32H36N4O7/c1-20-18-22(8-15-27(20)38)28(29(39)34-23-9-13-25(42-5)14-10-23)36(17-16-33)30(40)26(35-31(41)43-32(2,3)4)19-21-6-11-24(37)12-7-21/h6-15,18,26,28,37-38H,17,19H2,1-5H3,(H,34,39)(H,35,41). The Morgan fingerprint density at radius 1 is 1.00 bits per heavy atom. The van der Waals surface area contributed by atoms with Gasteiger partial charge in [0.2, 0.25) is 5.91 Å². The number of nitriles is 1. The van der Waals surface area contributed by atoms with Crippen LogP contribution in [0.2, 0.25) is 0 Å². The number of carbonyl (C=O) groups is 3.